The number of nitrogens with one attached hydrogen (secondary N) is 2. The number of pyridine rings is 3. The van der Waals surface area contributed by atoms with E-state index in [2.05, 4.69) is 207 Å². The molecule has 0 saturated heterocycles. The third kappa shape index (κ3) is 31.2. The lowest BCUT2D eigenvalue weighted by molar-refractivity contribution is -0.715. The second-order valence-corrected chi connectivity index (χ2v) is 23.2. The summed E-state index contributed by atoms with van der Waals surface area (Å²) in [7, 11) is 1.62. The van der Waals surface area contributed by atoms with Crippen molar-refractivity contribution in [2.24, 2.45) is 11.3 Å². The van der Waals surface area contributed by atoms with Crippen molar-refractivity contribution in [3.63, 3.8) is 0 Å². The van der Waals surface area contributed by atoms with Gasteiger partial charge in [0, 0.05) is 54.6 Å². The quantitative estimate of drug-likeness (QED) is 0.0846. The Kier molecular flexibility index (Phi) is 32.8. The van der Waals surface area contributed by atoms with Crippen LogP contribution in [-0.2, 0) is 0 Å². The van der Waals surface area contributed by atoms with Crippen LogP contribution in [0.25, 0.3) is 0 Å². The van der Waals surface area contributed by atoms with Crippen LogP contribution in [0.2, 0.25) is 0 Å². The normalized spacial score (nSPS) is 11.1. The molecule has 0 unspecified atom stereocenters. The van der Waals surface area contributed by atoms with Crippen LogP contribution in [0.4, 0.5) is 20.3 Å². The van der Waals surface area contributed by atoms with Crippen molar-refractivity contribution in [1.29, 1.82) is 0 Å². The molecule has 0 bridgehead atoms. The molecule has 0 radical (unpaired) electrons. The second kappa shape index (κ2) is 36.7. The van der Waals surface area contributed by atoms with E-state index in [-0.39, 0.29) is 11.0 Å². The molecule has 5 aromatic heterocycles. The predicted octanol–water partition coefficient (Wildman–Crippen LogP) is 17.0. The highest BCUT2D eigenvalue weighted by Gasteiger charge is 2.13. The monoisotopic (exact) mass is 1080 g/mol. The van der Waals surface area contributed by atoms with Gasteiger partial charge < -0.3 is 24.8 Å². The van der Waals surface area contributed by atoms with E-state index in [4.69, 9.17) is 14.2 Å². The number of alkyl halides is 2. The van der Waals surface area contributed by atoms with Gasteiger partial charge in [-0.15, -0.1) is 0 Å². The summed E-state index contributed by atoms with van der Waals surface area (Å²) in [5.41, 5.74) is 6.89. The topological polar surface area (TPSA) is 133 Å². The minimum absolute atomic E-state index is 0.112. The Hall–Kier alpha value is -6.31. The molecule has 0 saturated carbocycles. The maximum atomic E-state index is 12.2. The first-order valence-corrected chi connectivity index (χ1v) is 27.8. The summed E-state index contributed by atoms with van der Waals surface area (Å²) in [5.74, 6) is 5.58. The molecule has 6 aromatic rings. The first-order valence-electron chi connectivity index (χ1n) is 27.8. The maximum Gasteiger partial charge on any atom is 0.263 e. The van der Waals surface area contributed by atoms with Gasteiger partial charge in [-0.05, 0) is 117 Å². The van der Waals surface area contributed by atoms with Crippen LogP contribution in [0.5, 0.6) is 17.6 Å². The van der Waals surface area contributed by atoms with Crippen molar-refractivity contribution in [2.75, 3.05) is 31.0 Å². The number of ether oxygens (including phenoxy) is 3. The third-order valence-electron chi connectivity index (χ3n) is 10.9. The number of rotatable bonds is 17. The lowest BCUT2D eigenvalue weighted by Crippen LogP contribution is -2.35. The lowest BCUT2D eigenvalue weighted by atomic mass is 9.99. The molecule has 0 fully saturated rings. The Bertz CT molecular complexity index is 2470. The minimum Gasteiger partial charge on any atom is -0.481 e. The summed E-state index contributed by atoms with van der Waals surface area (Å²) in [6, 6.07) is 20.3. The number of methoxy groups -OCH3 is 1. The first-order chi connectivity index (χ1) is 36.5. The van der Waals surface area contributed by atoms with Gasteiger partial charge in [0.05, 0.1) is 49.8 Å². The van der Waals surface area contributed by atoms with Gasteiger partial charge in [0.25, 0.3) is 6.43 Å². The van der Waals surface area contributed by atoms with Crippen molar-refractivity contribution in [3.8, 4) is 17.6 Å². The zero-order valence-corrected chi connectivity index (χ0v) is 51.7. The van der Waals surface area contributed by atoms with Gasteiger partial charge in [-0.1, -0.05) is 134 Å². The minimum atomic E-state index is -2.36. The van der Waals surface area contributed by atoms with Crippen LogP contribution in [0.3, 0.4) is 0 Å². The number of nitrogens with zero attached hydrogens (tertiary/aromatic N) is 7. The Morgan fingerprint density at radius 3 is 1.45 bits per heavy atom. The molecule has 0 amide bonds. The van der Waals surface area contributed by atoms with E-state index in [9.17, 15) is 8.78 Å². The lowest BCUT2D eigenvalue weighted by Gasteiger charge is -2.18. The van der Waals surface area contributed by atoms with Crippen LogP contribution in [0, 0.1) is 11.3 Å². The van der Waals surface area contributed by atoms with Gasteiger partial charge in [0.2, 0.25) is 17.6 Å². The Morgan fingerprint density at radius 1 is 0.526 bits per heavy atom. The fourth-order valence-corrected chi connectivity index (χ4v) is 6.23. The van der Waals surface area contributed by atoms with Gasteiger partial charge in [-0.2, -0.15) is 0 Å². The zero-order chi connectivity index (χ0) is 59.1. The summed E-state index contributed by atoms with van der Waals surface area (Å²) in [6.07, 6.45) is 12.6. The highest BCUT2D eigenvalue weighted by molar-refractivity contribution is 5.39. The van der Waals surface area contributed by atoms with E-state index in [0.717, 1.165) is 22.8 Å². The molecule has 0 aliphatic rings. The fraction of sp³-hybridized carbons (Fsp3) is 0.547. The first kappa shape index (κ1) is 69.7. The molecule has 5 heterocycles. The molecule has 12 nitrogen and oxygen atoms in total. The summed E-state index contributed by atoms with van der Waals surface area (Å²) in [6.45, 7) is 45.8. The van der Waals surface area contributed by atoms with E-state index in [1.165, 1.54) is 22.9 Å². The Morgan fingerprint density at radius 2 is 1.04 bits per heavy atom. The number of hydrogen-bond donors (Lipinski definition) is 2. The average Bonchev–Trinajstić information content (AvgIpc) is 3.38. The standard InChI is InChI=1S/C12H20N2O.C11H18N2O.C11H18N2.C11H19N2.C10H12F2.C9H13NO/c1-9(2)10-6-13-7-11(14-10)15-8-12(3,4)5;1-8(2)7-14-11-6-12-5-10(13-11)9(3)4;1-8(2)10-5-6-11(12-7-10)13-9(3)4;1-9(2)12-11-6-5-7-13(8-11)10(3)4;1-7(2)8-4-3-5-9(6-8)10(11)12;1-7(2)8-4-5-9(11-3)10-6-8/h6-7,9H,8H2,1-5H3;5-6,8-9H,7H2,1-4H3;5-9H,1-4H3,(H,12,13);5-10,12H,1-4H3;3-7,10H,1-2H3;4-7H,1-3H3/q;;;+1;;. The van der Waals surface area contributed by atoms with Crippen LogP contribution < -0.4 is 29.4 Å². The van der Waals surface area contributed by atoms with Crippen LogP contribution in [0.15, 0.2) is 110 Å². The van der Waals surface area contributed by atoms with Crippen molar-refractivity contribution in [1.82, 2.24) is 29.9 Å². The van der Waals surface area contributed by atoms with Gasteiger partial charge in [-0.25, -0.2) is 33.3 Å². The highest BCUT2D eigenvalue weighted by Crippen LogP contribution is 2.23. The number of benzene rings is 1. The smallest absolute Gasteiger partial charge is 0.263 e. The van der Waals surface area contributed by atoms with Crippen molar-refractivity contribution in [2.45, 2.75) is 200 Å². The van der Waals surface area contributed by atoms with Crippen molar-refractivity contribution < 1.29 is 27.6 Å². The number of halogens is 2. The summed E-state index contributed by atoms with van der Waals surface area (Å²) in [5, 5.41) is 6.64. The maximum absolute atomic E-state index is 12.2. The van der Waals surface area contributed by atoms with Gasteiger partial charge in [0.1, 0.15) is 5.82 Å². The molecule has 1 aromatic carbocycles. The molecule has 78 heavy (non-hydrogen) atoms. The molecular formula is C64H100F2N9O3+. The Labute approximate surface area is 470 Å². The zero-order valence-electron chi connectivity index (χ0n) is 51.7. The Balaban J connectivity index is 0.000000469. The third-order valence-corrected chi connectivity index (χ3v) is 10.9. The molecular weight excluding hydrogens is 981 g/mol. The molecule has 0 aliphatic heterocycles. The van der Waals surface area contributed by atoms with Crippen LogP contribution in [-0.4, -0.2) is 62.3 Å². The average molecular weight is 1080 g/mol. The summed E-state index contributed by atoms with van der Waals surface area (Å²) >= 11 is 0. The van der Waals surface area contributed by atoms with Crippen molar-refractivity contribution in [3.05, 3.63) is 144 Å². The van der Waals surface area contributed by atoms with Crippen LogP contribution in [0.1, 0.15) is 221 Å². The highest BCUT2D eigenvalue weighted by atomic mass is 19.3. The molecule has 0 spiro atoms. The SMILES string of the molecule is CC(C)COc1cncc(C(C)C)n1.CC(C)Nc1ccc(C(C)C)cn1.CC(C)Nc1ccc[n+](C(C)C)c1.CC(C)c1cccc(C(F)F)c1.CC(C)c1cncc(OCC(C)(C)C)n1.COc1ccc(C(C)C)cn1. The van der Waals surface area contributed by atoms with Crippen LogP contribution >= 0.6 is 0 Å². The van der Waals surface area contributed by atoms with E-state index in [1.807, 2.05) is 50.5 Å². The van der Waals surface area contributed by atoms with E-state index >= 15 is 0 Å². The molecule has 432 valence electrons. The van der Waals surface area contributed by atoms with E-state index < -0.39 is 6.43 Å². The molecule has 0 aliphatic carbocycles. The molecule has 14 heteroatoms. The second-order valence-electron chi connectivity index (χ2n) is 23.2. The largest absolute Gasteiger partial charge is 0.481 e. The number of hydrogen-bond acceptors (Lipinski definition) is 11. The fourth-order valence-electron chi connectivity index (χ4n) is 6.23. The number of anilines is 2. The molecule has 6 rings (SSSR count). The van der Waals surface area contributed by atoms with Gasteiger partial charge >= 0.3 is 0 Å². The molecule has 0 atom stereocenters. The van der Waals surface area contributed by atoms with Gasteiger partial charge in [-0.3, -0.25) is 9.97 Å². The predicted molar refractivity (Wildman–Crippen MR) is 321 cm³/mol. The van der Waals surface area contributed by atoms with Crippen molar-refractivity contribution >= 4 is 11.5 Å². The van der Waals surface area contributed by atoms with E-state index in [0.29, 0.717) is 84.5 Å². The van der Waals surface area contributed by atoms with E-state index in [1.54, 1.807) is 44.0 Å². The summed E-state index contributed by atoms with van der Waals surface area (Å²) < 4.78 is 42.6. The van der Waals surface area contributed by atoms with Gasteiger partial charge in [0.15, 0.2) is 18.4 Å². The number of aromatic nitrogens is 7. The molecule has 2 N–H and O–H groups in total. The summed E-state index contributed by atoms with van der Waals surface area (Å²) in [4.78, 5) is 25.4.